The first-order chi connectivity index (χ1) is 13.0. The first-order valence-electron chi connectivity index (χ1n) is 8.75. The minimum absolute atomic E-state index is 0.120. The summed E-state index contributed by atoms with van der Waals surface area (Å²) in [5, 5.41) is 7.73. The molecule has 2 heterocycles. The first kappa shape index (κ1) is 17.5. The Morgan fingerprint density at radius 3 is 2.70 bits per heavy atom. The average Bonchev–Trinajstić information content (AvgIpc) is 3.13. The molecule has 1 aliphatic rings. The van der Waals surface area contributed by atoms with Crippen LogP contribution in [0.4, 0.5) is 5.69 Å². The lowest BCUT2D eigenvalue weighted by Crippen LogP contribution is -2.25. The summed E-state index contributed by atoms with van der Waals surface area (Å²) in [5.41, 5.74) is 2.22. The van der Waals surface area contributed by atoms with Crippen molar-refractivity contribution >= 4 is 28.8 Å². The van der Waals surface area contributed by atoms with Gasteiger partial charge in [-0.1, -0.05) is 12.1 Å². The van der Waals surface area contributed by atoms with Crippen LogP contribution >= 0.6 is 11.3 Å². The molecule has 3 aromatic rings. The second-order valence-electron chi connectivity index (χ2n) is 6.63. The number of carbonyl (C=O) groups excluding carboxylic acids is 2. The van der Waals surface area contributed by atoms with Crippen LogP contribution in [0.1, 0.15) is 45.0 Å². The van der Waals surface area contributed by atoms with Crippen LogP contribution in [0.25, 0.3) is 10.8 Å². The van der Waals surface area contributed by atoms with Gasteiger partial charge in [-0.3, -0.25) is 9.59 Å². The SMILES string of the molecule is Cc1ccc(C(=O)NC2CC2)cc1NC(=O)c1nc(-c2cccs2)oc1C. The van der Waals surface area contributed by atoms with Crippen molar-refractivity contribution in [3.63, 3.8) is 0 Å². The minimum Gasteiger partial charge on any atom is -0.440 e. The predicted octanol–water partition coefficient (Wildman–Crippen LogP) is 4.16. The molecule has 7 heteroatoms. The molecule has 0 unspecified atom stereocenters. The van der Waals surface area contributed by atoms with Gasteiger partial charge in [0.15, 0.2) is 5.69 Å². The number of hydrogen-bond acceptors (Lipinski definition) is 5. The van der Waals surface area contributed by atoms with Gasteiger partial charge in [0.2, 0.25) is 5.89 Å². The van der Waals surface area contributed by atoms with Crippen LogP contribution in [0.15, 0.2) is 40.1 Å². The van der Waals surface area contributed by atoms with Crippen molar-refractivity contribution in [1.82, 2.24) is 10.3 Å². The second-order valence-corrected chi connectivity index (χ2v) is 7.58. The highest BCUT2D eigenvalue weighted by atomic mass is 32.1. The molecular formula is C20H19N3O3S. The second kappa shape index (κ2) is 7.00. The van der Waals surface area contributed by atoms with Gasteiger partial charge in [-0.15, -0.1) is 11.3 Å². The zero-order valence-corrected chi connectivity index (χ0v) is 15.9. The zero-order valence-electron chi connectivity index (χ0n) is 15.0. The molecule has 2 aromatic heterocycles. The lowest BCUT2D eigenvalue weighted by atomic mass is 10.1. The lowest BCUT2D eigenvalue weighted by Gasteiger charge is -2.10. The molecule has 138 valence electrons. The molecule has 0 bridgehead atoms. The normalized spacial score (nSPS) is 13.4. The van der Waals surface area contributed by atoms with Gasteiger partial charge in [0.05, 0.1) is 4.88 Å². The van der Waals surface area contributed by atoms with Crippen LogP contribution in [0, 0.1) is 13.8 Å². The maximum absolute atomic E-state index is 12.7. The van der Waals surface area contributed by atoms with E-state index in [1.54, 1.807) is 19.1 Å². The summed E-state index contributed by atoms with van der Waals surface area (Å²) in [4.78, 5) is 30.2. The van der Waals surface area contributed by atoms with E-state index in [-0.39, 0.29) is 23.6 Å². The number of hydrogen-bond donors (Lipinski definition) is 2. The number of benzene rings is 1. The smallest absolute Gasteiger partial charge is 0.277 e. The van der Waals surface area contributed by atoms with Crippen LogP contribution in [-0.2, 0) is 0 Å². The number of rotatable bonds is 5. The molecule has 1 aliphatic carbocycles. The van der Waals surface area contributed by atoms with E-state index in [1.807, 2.05) is 30.5 Å². The summed E-state index contributed by atoms with van der Waals surface area (Å²) in [5.74, 6) is 0.408. The van der Waals surface area contributed by atoms with Crippen molar-refractivity contribution in [2.24, 2.45) is 0 Å². The standard InChI is InChI=1S/C20H19N3O3S/c1-11-5-6-13(18(24)21-14-7-8-14)10-15(11)22-19(25)17-12(2)26-20(23-17)16-4-3-9-27-16/h3-6,9-10,14H,7-8H2,1-2H3,(H,21,24)(H,22,25). The van der Waals surface area contributed by atoms with E-state index in [9.17, 15) is 9.59 Å². The first-order valence-corrected chi connectivity index (χ1v) is 9.63. The maximum Gasteiger partial charge on any atom is 0.277 e. The number of aromatic nitrogens is 1. The molecule has 6 nitrogen and oxygen atoms in total. The molecule has 0 atom stereocenters. The van der Waals surface area contributed by atoms with E-state index in [0.717, 1.165) is 23.3 Å². The number of anilines is 1. The van der Waals surface area contributed by atoms with Gasteiger partial charge in [-0.05, 0) is 55.8 Å². The van der Waals surface area contributed by atoms with Crippen molar-refractivity contribution in [2.75, 3.05) is 5.32 Å². The van der Waals surface area contributed by atoms with Crippen LogP contribution in [-0.4, -0.2) is 22.8 Å². The van der Waals surface area contributed by atoms with E-state index < -0.39 is 0 Å². The topological polar surface area (TPSA) is 84.2 Å². The Bertz CT molecular complexity index is 1000. The largest absolute Gasteiger partial charge is 0.440 e. The average molecular weight is 381 g/mol. The van der Waals surface area contributed by atoms with Crippen LogP contribution in [0.3, 0.4) is 0 Å². The fraction of sp³-hybridized carbons (Fsp3) is 0.250. The van der Waals surface area contributed by atoms with E-state index in [4.69, 9.17) is 4.42 Å². The van der Waals surface area contributed by atoms with Crippen molar-refractivity contribution < 1.29 is 14.0 Å². The number of nitrogens with one attached hydrogen (secondary N) is 2. The third-order valence-corrected chi connectivity index (χ3v) is 5.26. The van der Waals surface area contributed by atoms with Crippen molar-refractivity contribution in [1.29, 1.82) is 0 Å². The number of carbonyl (C=O) groups is 2. The molecule has 0 aliphatic heterocycles. The molecule has 0 spiro atoms. The summed E-state index contributed by atoms with van der Waals surface area (Å²) in [6, 6.07) is 9.36. The third kappa shape index (κ3) is 3.78. The summed E-state index contributed by atoms with van der Waals surface area (Å²) < 4.78 is 5.64. The highest BCUT2D eigenvalue weighted by Crippen LogP contribution is 2.27. The van der Waals surface area contributed by atoms with Gasteiger partial charge in [-0.2, -0.15) is 0 Å². The summed E-state index contributed by atoms with van der Waals surface area (Å²) in [6.45, 7) is 3.59. The monoisotopic (exact) mass is 381 g/mol. The predicted molar refractivity (Wildman–Crippen MR) is 104 cm³/mol. The van der Waals surface area contributed by atoms with Crippen molar-refractivity contribution in [3.8, 4) is 10.8 Å². The Morgan fingerprint density at radius 1 is 1.19 bits per heavy atom. The summed E-state index contributed by atoms with van der Waals surface area (Å²) in [6.07, 6.45) is 2.05. The van der Waals surface area contributed by atoms with Crippen molar-refractivity contribution in [3.05, 3.63) is 58.3 Å². The van der Waals surface area contributed by atoms with E-state index >= 15 is 0 Å². The quantitative estimate of drug-likeness (QED) is 0.695. The summed E-state index contributed by atoms with van der Waals surface area (Å²) >= 11 is 1.50. The Balaban J connectivity index is 1.55. The highest BCUT2D eigenvalue weighted by Gasteiger charge is 2.24. The number of nitrogens with zero attached hydrogens (tertiary/aromatic N) is 1. The van der Waals surface area contributed by atoms with Crippen LogP contribution < -0.4 is 10.6 Å². The molecule has 2 amide bonds. The summed E-state index contributed by atoms with van der Waals surface area (Å²) in [7, 11) is 0. The molecule has 27 heavy (non-hydrogen) atoms. The van der Waals surface area contributed by atoms with Gasteiger partial charge >= 0.3 is 0 Å². The zero-order chi connectivity index (χ0) is 19.0. The maximum atomic E-state index is 12.7. The highest BCUT2D eigenvalue weighted by molar-refractivity contribution is 7.13. The number of amides is 2. The number of thiophene rings is 1. The number of oxazole rings is 1. The molecule has 2 N–H and O–H groups in total. The van der Waals surface area contributed by atoms with Crippen molar-refractivity contribution in [2.45, 2.75) is 32.7 Å². The van der Waals surface area contributed by atoms with Gasteiger partial charge < -0.3 is 15.1 Å². The van der Waals surface area contributed by atoms with E-state index in [2.05, 4.69) is 15.6 Å². The van der Waals surface area contributed by atoms with Gasteiger partial charge in [0.25, 0.3) is 11.8 Å². The number of aryl methyl sites for hydroxylation is 2. The minimum atomic E-state index is -0.359. The van der Waals surface area contributed by atoms with Crippen LogP contribution in [0.2, 0.25) is 0 Å². The van der Waals surface area contributed by atoms with Gasteiger partial charge in [-0.25, -0.2) is 4.98 Å². The fourth-order valence-electron chi connectivity index (χ4n) is 2.69. The van der Waals surface area contributed by atoms with Gasteiger partial charge in [0.1, 0.15) is 5.76 Å². The molecule has 1 fully saturated rings. The molecule has 4 rings (SSSR count). The Hall–Kier alpha value is -2.93. The lowest BCUT2D eigenvalue weighted by molar-refractivity contribution is 0.0949. The molecule has 1 aromatic carbocycles. The molecular weight excluding hydrogens is 362 g/mol. The van der Waals surface area contributed by atoms with E-state index in [0.29, 0.717) is 22.9 Å². The Kier molecular flexibility index (Phi) is 4.53. The molecule has 0 saturated heterocycles. The van der Waals surface area contributed by atoms with Gasteiger partial charge in [0, 0.05) is 17.3 Å². The van der Waals surface area contributed by atoms with E-state index in [1.165, 1.54) is 11.3 Å². The molecule has 0 radical (unpaired) electrons. The third-order valence-electron chi connectivity index (χ3n) is 4.40. The van der Waals surface area contributed by atoms with Crippen LogP contribution in [0.5, 0.6) is 0 Å². The molecule has 1 saturated carbocycles. The Morgan fingerprint density at radius 2 is 2.00 bits per heavy atom. The fourth-order valence-corrected chi connectivity index (χ4v) is 3.34. The Labute approximate surface area is 160 Å².